The van der Waals surface area contributed by atoms with Crippen molar-refractivity contribution in [1.82, 2.24) is 5.32 Å². The lowest BCUT2D eigenvalue weighted by Gasteiger charge is -2.02. The van der Waals surface area contributed by atoms with Gasteiger partial charge >= 0.3 is 0 Å². The van der Waals surface area contributed by atoms with Crippen molar-refractivity contribution in [2.75, 3.05) is 0 Å². The first-order valence-corrected chi connectivity index (χ1v) is 6.66. The lowest BCUT2D eigenvalue weighted by molar-refractivity contribution is 0.444. The first kappa shape index (κ1) is 11.5. The van der Waals surface area contributed by atoms with Crippen LogP contribution < -0.4 is 5.32 Å². The van der Waals surface area contributed by atoms with E-state index in [9.17, 15) is 0 Å². The van der Waals surface area contributed by atoms with Crippen LogP contribution in [0.1, 0.15) is 36.3 Å². The van der Waals surface area contributed by atoms with Gasteiger partial charge in [0.05, 0.1) is 6.54 Å². The van der Waals surface area contributed by atoms with E-state index in [0.717, 1.165) is 24.8 Å². The maximum absolute atomic E-state index is 5.85. The predicted octanol–water partition coefficient (Wildman–Crippen LogP) is 3.69. The highest BCUT2D eigenvalue weighted by molar-refractivity contribution is 5.18. The van der Waals surface area contributed by atoms with Crippen LogP contribution >= 0.6 is 0 Å². The molecule has 2 atom stereocenters. The maximum atomic E-state index is 5.85. The van der Waals surface area contributed by atoms with E-state index in [1.807, 2.05) is 6.07 Å². The fourth-order valence-corrected chi connectivity index (χ4v) is 2.33. The summed E-state index contributed by atoms with van der Waals surface area (Å²) in [4.78, 5) is 0. The number of furan rings is 1. The molecule has 94 valence electrons. The average Bonchev–Trinajstić information content (AvgIpc) is 2.94. The number of rotatable bonds is 5. The summed E-state index contributed by atoms with van der Waals surface area (Å²) in [7, 11) is 0. The minimum atomic E-state index is 0.674. The normalized spacial score (nSPS) is 22.1. The van der Waals surface area contributed by atoms with Crippen LogP contribution in [0.3, 0.4) is 0 Å². The molecule has 1 aliphatic rings. The van der Waals surface area contributed by atoms with E-state index in [1.54, 1.807) is 0 Å². The summed E-state index contributed by atoms with van der Waals surface area (Å²) < 4.78 is 5.85. The maximum Gasteiger partial charge on any atom is 0.117 e. The van der Waals surface area contributed by atoms with Gasteiger partial charge in [0.1, 0.15) is 11.5 Å². The van der Waals surface area contributed by atoms with Crippen molar-refractivity contribution < 1.29 is 4.42 Å². The molecule has 2 aromatic rings. The molecule has 18 heavy (non-hydrogen) atoms. The van der Waals surface area contributed by atoms with Crippen molar-refractivity contribution in [1.29, 1.82) is 0 Å². The van der Waals surface area contributed by atoms with Gasteiger partial charge in [-0.05, 0) is 30.0 Å². The monoisotopic (exact) mass is 241 g/mol. The molecule has 1 fully saturated rings. The van der Waals surface area contributed by atoms with E-state index in [1.165, 1.54) is 17.7 Å². The van der Waals surface area contributed by atoms with Crippen molar-refractivity contribution in [2.24, 2.45) is 5.92 Å². The summed E-state index contributed by atoms with van der Waals surface area (Å²) in [5.41, 5.74) is 1.31. The number of hydrogen-bond acceptors (Lipinski definition) is 2. The Balaban J connectivity index is 1.50. The SMILES string of the molecule is C[C@@H]1C[C@H]1c1ccc(CNCc2ccccc2)o1. The third-order valence-corrected chi connectivity index (χ3v) is 3.63. The Morgan fingerprint density at radius 2 is 1.89 bits per heavy atom. The smallest absolute Gasteiger partial charge is 0.117 e. The molecule has 2 nitrogen and oxygen atoms in total. The fourth-order valence-electron chi connectivity index (χ4n) is 2.33. The van der Waals surface area contributed by atoms with Gasteiger partial charge in [0, 0.05) is 12.5 Å². The van der Waals surface area contributed by atoms with Gasteiger partial charge in [0.15, 0.2) is 0 Å². The Bertz CT molecular complexity index is 503. The first-order valence-electron chi connectivity index (χ1n) is 6.66. The largest absolute Gasteiger partial charge is 0.464 e. The van der Waals surface area contributed by atoms with Gasteiger partial charge in [-0.3, -0.25) is 0 Å². The highest BCUT2D eigenvalue weighted by atomic mass is 16.3. The molecule has 0 spiro atoms. The van der Waals surface area contributed by atoms with Crippen molar-refractivity contribution >= 4 is 0 Å². The molecule has 0 unspecified atom stereocenters. The Kier molecular flexibility index (Phi) is 3.20. The Labute approximate surface area is 108 Å². The van der Waals surface area contributed by atoms with E-state index in [4.69, 9.17) is 4.42 Å². The zero-order valence-electron chi connectivity index (χ0n) is 10.7. The molecule has 0 radical (unpaired) electrons. The number of benzene rings is 1. The van der Waals surface area contributed by atoms with Crippen molar-refractivity contribution in [3.8, 4) is 0 Å². The zero-order valence-corrected chi connectivity index (χ0v) is 10.7. The van der Waals surface area contributed by atoms with E-state index in [0.29, 0.717) is 5.92 Å². The van der Waals surface area contributed by atoms with Crippen LogP contribution in [0.2, 0.25) is 0 Å². The molecule has 2 heteroatoms. The van der Waals surface area contributed by atoms with Crippen molar-refractivity contribution in [3.63, 3.8) is 0 Å². The van der Waals surface area contributed by atoms with E-state index in [2.05, 4.69) is 48.6 Å². The van der Waals surface area contributed by atoms with Gasteiger partial charge in [-0.15, -0.1) is 0 Å². The summed E-state index contributed by atoms with van der Waals surface area (Å²) in [6.45, 7) is 3.97. The molecular formula is C16H19NO. The summed E-state index contributed by atoms with van der Waals surface area (Å²) in [5, 5.41) is 3.41. The molecule has 1 aromatic carbocycles. The molecule has 0 saturated heterocycles. The van der Waals surface area contributed by atoms with Gasteiger partial charge in [0.25, 0.3) is 0 Å². The number of nitrogens with one attached hydrogen (secondary N) is 1. The summed E-state index contributed by atoms with van der Waals surface area (Å²) in [6, 6.07) is 14.7. The summed E-state index contributed by atoms with van der Waals surface area (Å²) in [5.74, 6) is 3.69. The van der Waals surface area contributed by atoms with Crippen LogP contribution in [0.25, 0.3) is 0 Å². The average molecular weight is 241 g/mol. The molecular weight excluding hydrogens is 222 g/mol. The molecule has 1 aliphatic carbocycles. The van der Waals surface area contributed by atoms with Gasteiger partial charge in [-0.2, -0.15) is 0 Å². The van der Waals surface area contributed by atoms with Gasteiger partial charge in [0.2, 0.25) is 0 Å². The standard InChI is InChI=1S/C16H19NO/c1-12-9-15(12)16-8-7-14(18-16)11-17-10-13-5-3-2-4-6-13/h2-8,12,15,17H,9-11H2,1H3/t12-,15-/m1/s1. The first-order chi connectivity index (χ1) is 8.83. The molecule has 0 bridgehead atoms. The van der Waals surface area contributed by atoms with Crippen LogP contribution in [-0.2, 0) is 13.1 Å². The number of hydrogen-bond donors (Lipinski definition) is 1. The van der Waals surface area contributed by atoms with Crippen LogP contribution in [-0.4, -0.2) is 0 Å². The Hall–Kier alpha value is -1.54. The second-order valence-electron chi connectivity index (χ2n) is 5.21. The highest BCUT2D eigenvalue weighted by Crippen LogP contribution is 2.47. The second-order valence-corrected chi connectivity index (χ2v) is 5.21. The quantitative estimate of drug-likeness (QED) is 0.863. The van der Waals surface area contributed by atoms with Gasteiger partial charge in [-0.1, -0.05) is 37.3 Å². The third kappa shape index (κ3) is 2.65. The van der Waals surface area contributed by atoms with Crippen LogP contribution in [0.4, 0.5) is 0 Å². The molecule has 0 aliphatic heterocycles. The molecule has 1 saturated carbocycles. The zero-order chi connectivity index (χ0) is 12.4. The third-order valence-electron chi connectivity index (χ3n) is 3.63. The topological polar surface area (TPSA) is 25.2 Å². The van der Waals surface area contributed by atoms with E-state index < -0.39 is 0 Å². The molecule has 1 aromatic heterocycles. The van der Waals surface area contributed by atoms with Crippen molar-refractivity contribution in [3.05, 3.63) is 59.5 Å². The van der Waals surface area contributed by atoms with E-state index >= 15 is 0 Å². The van der Waals surface area contributed by atoms with Gasteiger partial charge < -0.3 is 9.73 Å². The Morgan fingerprint density at radius 3 is 2.61 bits per heavy atom. The summed E-state index contributed by atoms with van der Waals surface area (Å²) in [6.07, 6.45) is 1.28. The molecule has 0 amide bonds. The van der Waals surface area contributed by atoms with Crippen LogP contribution in [0.15, 0.2) is 46.9 Å². The lowest BCUT2D eigenvalue weighted by Crippen LogP contribution is -2.11. The lowest BCUT2D eigenvalue weighted by atomic mass is 10.2. The fraction of sp³-hybridized carbons (Fsp3) is 0.375. The molecule has 1 heterocycles. The minimum absolute atomic E-state index is 0.674. The second kappa shape index (κ2) is 4.99. The molecule has 3 rings (SSSR count). The Morgan fingerprint density at radius 1 is 1.11 bits per heavy atom. The minimum Gasteiger partial charge on any atom is -0.464 e. The van der Waals surface area contributed by atoms with Crippen LogP contribution in [0.5, 0.6) is 0 Å². The van der Waals surface area contributed by atoms with Gasteiger partial charge in [-0.25, -0.2) is 0 Å². The van der Waals surface area contributed by atoms with Crippen molar-refractivity contribution in [2.45, 2.75) is 32.4 Å². The summed E-state index contributed by atoms with van der Waals surface area (Å²) >= 11 is 0. The predicted molar refractivity (Wildman–Crippen MR) is 72.2 cm³/mol. The molecule has 1 N–H and O–H groups in total. The van der Waals surface area contributed by atoms with Crippen LogP contribution in [0, 0.1) is 5.92 Å². The van der Waals surface area contributed by atoms with E-state index in [-0.39, 0.29) is 0 Å². The highest BCUT2D eigenvalue weighted by Gasteiger charge is 2.36.